The Morgan fingerprint density at radius 1 is 0.955 bits per heavy atom. The van der Waals surface area contributed by atoms with Crippen molar-refractivity contribution in [3.63, 3.8) is 0 Å². The molecule has 130 valence electrons. The molecule has 0 saturated heterocycles. The van der Waals surface area contributed by atoms with Gasteiger partial charge in [-0.25, -0.2) is 4.79 Å². The molecule has 0 aliphatic heterocycles. The van der Waals surface area contributed by atoms with Gasteiger partial charge in [0, 0.05) is 15.1 Å². The Bertz CT molecular complexity index is 296. The molecule has 0 fully saturated rings. The van der Waals surface area contributed by atoms with Gasteiger partial charge < -0.3 is 4.74 Å². The van der Waals surface area contributed by atoms with Crippen molar-refractivity contribution in [2.45, 2.75) is 80.5 Å². The van der Waals surface area contributed by atoms with Gasteiger partial charge >= 0.3 is 5.97 Å². The Labute approximate surface area is 155 Å². The lowest BCUT2D eigenvalue weighted by atomic mass is 10.1. The van der Waals surface area contributed by atoms with Crippen LogP contribution in [0.2, 0.25) is 6.04 Å². The molecule has 5 heteroatoms. The molecular formula is C17H32Br2O2Si. The number of alkyl halides is 2. The smallest absolute Gasteiger partial charge is 0.333 e. The average Bonchev–Trinajstić information content (AvgIpc) is 2.46. The van der Waals surface area contributed by atoms with Crippen molar-refractivity contribution < 1.29 is 9.53 Å². The monoisotopic (exact) mass is 454 g/mol. The number of esters is 1. The van der Waals surface area contributed by atoms with Gasteiger partial charge in [0.25, 0.3) is 0 Å². The quantitative estimate of drug-likeness (QED) is 0.104. The molecule has 0 aliphatic rings. The normalized spacial score (nSPS) is 11.5. The van der Waals surface area contributed by atoms with Gasteiger partial charge in [-0.15, -0.1) is 0 Å². The number of rotatable bonds is 15. The molecule has 0 bridgehead atoms. The van der Waals surface area contributed by atoms with Gasteiger partial charge in [0.1, 0.15) is 0 Å². The molecule has 0 aromatic carbocycles. The number of ether oxygens (including phenoxy) is 1. The van der Waals surface area contributed by atoms with Gasteiger partial charge in [0.2, 0.25) is 0 Å². The van der Waals surface area contributed by atoms with Crippen LogP contribution in [0.15, 0.2) is 12.2 Å². The van der Waals surface area contributed by atoms with Crippen molar-refractivity contribution in [3.05, 3.63) is 12.2 Å². The minimum Gasteiger partial charge on any atom is -0.462 e. The summed E-state index contributed by atoms with van der Waals surface area (Å²) in [5.41, 5.74) is 0.488. The lowest BCUT2D eigenvalue weighted by Gasteiger charge is -2.05. The maximum atomic E-state index is 11.2. The van der Waals surface area contributed by atoms with Gasteiger partial charge in [-0.1, -0.05) is 102 Å². The summed E-state index contributed by atoms with van der Waals surface area (Å²) in [6, 6.07) is 1.46. The Morgan fingerprint density at radius 2 is 1.41 bits per heavy atom. The molecule has 0 spiro atoms. The minimum absolute atomic E-state index is 0.0753. The van der Waals surface area contributed by atoms with Crippen LogP contribution in [0.5, 0.6) is 0 Å². The van der Waals surface area contributed by atoms with Crippen LogP contribution in [-0.4, -0.2) is 25.5 Å². The SMILES string of the molecule is C=C(C)C(=O)OCCCCCCCCCCCC[SiH2]C(Br)Br. The van der Waals surface area contributed by atoms with E-state index in [-0.39, 0.29) is 15.5 Å². The van der Waals surface area contributed by atoms with E-state index in [1.807, 2.05) is 0 Å². The molecule has 0 atom stereocenters. The van der Waals surface area contributed by atoms with E-state index in [1.165, 1.54) is 57.4 Å². The second kappa shape index (κ2) is 16.3. The molecule has 22 heavy (non-hydrogen) atoms. The zero-order valence-corrected chi connectivity index (χ0v) is 18.6. The first-order chi connectivity index (χ1) is 10.5. The van der Waals surface area contributed by atoms with Crippen molar-refractivity contribution in [1.29, 1.82) is 0 Å². The predicted octanol–water partition coefficient (Wildman–Crippen LogP) is 5.67. The fraction of sp³-hybridized carbons (Fsp3) is 0.824. The van der Waals surface area contributed by atoms with Crippen LogP contribution in [0.1, 0.15) is 71.1 Å². The first kappa shape index (κ1) is 22.4. The summed E-state index contributed by atoms with van der Waals surface area (Å²) in [6.07, 6.45) is 13.1. The zero-order valence-electron chi connectivity index (χ0n) is 14.0. The van der Waals surface area contributed by atoms with Crippen LogP contribution in [0.25, 0.3) is 0 Å². The van der Waals surface area contributed by atoms with Crippen LogP contribution in [0.3, 0.4) is 0 Å². The maximum Gasteiger partial charge on any atom is 0.333 e. The van der Waals surface area contributed by atoms with E-state index in [1.54, 1.807) is 6.92 Å². The molecule has 0 rings (SSSR count). The lowest BCUT2D eigenvalue weighted by molar-refractivity contribution is -0.139. The first-order valence-corrected chi connectivity index (χ1v) is 12.3. The van der Waals surface area contributed by atoms with Gasteiger partial charge in [-0.3, -0.25) is 0 Å². The van der Waals surface area contributed by atoms with Gasteiger partial charge in [-0.05, 0) is 13.3 Å². The van der Waals surface area contributed by atoms with E-state index in [0.29, 0.717) is 15.5 Å². The summed E-state index contributed by atoms with van der Waals surface area (Å²) in [7, 11) is 0.0753. The Morgan fingerprint density at radius 3 is 1.86 bits per heavy atom. The van der Waals surface area contributed by atoms with Gasteiger partial charge in [-0.2, -0.15) is 0 Å². The molecule has 0 saturated carbocycles. The second-order valence-electron chi connectivity index (χ2n) is 5.99. The van der Waals surface area contributed by atoms with Crippen LogP contribution in [0, 0.1) is 0 Å². The van der Waals surface area contributed by atoms with E-state index in [0.717, 1.165) is 12.8 Å². The van der Waals surface area contributed by atoms with Crippen LogP contribution in [0.4, 0.5) is 0 Å². The van der Waals surface area contributed by atoms with Crippen molar-refractivity contribution in [2.75, 3.05) is 6.61 Å². The Hall–Kier alpha value is 0.387. The highest BCUT2D eigenvalue weighted by molar-refractivity contribution is 9.25. The summed E-state index contributed by atoms with van der Waals surface area (Å²) in [5.74, 6) is -0.259. The van der Waals surface area contributed by atoms with Crippen LogP contribution >= 0.6 is 31.9 Å². The highest BCUT2D eigenvalue weighted by Crippen LogP contribution is 2.13. The molecule has 0 N–H and O–H groups in total. The summed E-state index contributed by atoms with van der Waals surface area (Å²) in [5, 5.41) is 0. The minimum atomic E-state index is -0.259. The molecule has 0 amide bonds. The highest BCUT2D eigenvalue weighted by Gasteiger charge is 2.01. The average molecular weight is 456 g/mol. The molecule has 0 aromatic rings. The van der Waals surface area contributed by atoms with E-state index in [9.17, 15) is 4.79 Å². The Balaban J connectivity index is 3.08. The third-order valence-electron chi connectivity index (χ3n) is 3.65. The number of hydrogen-bond acceptors (Lipinski definition) is 2. The number of carbonyl (C=O) groups is 1. The molecule has 2 nitrogen and oxygen atoms in total. The number of hydrogen-bond donors (Lipinski definition) is 0. The highest BCUT2D eigenvalue weighted by atomic mass is 79.9. The molecule has 0 heterocycles. The number of halogens is 2. The molecule has 0 radical (unpaired) electrons. The van der Waals surface area contributed by atoms with Crippen LogP contribution < -0.4 is 0 Å². The van der Waals surface area contributed by atoms with E-state index in [4.69, 9.17) is 4.74 Å². The molecule has 0 unspecified atom stereocenters. The third-order valence-corrected chi connectivity index (χ3v) is 7.74. The maximum absolute atomic E-state index is 11.2. The zero-order chi connectivity index (χ0) is 16.6. The molecular weight excluding hydrogens is 424 g/mol. The number of carbonyl (C=O) groups excluding carboxylic acids is 1. The lowest BCUT2D eigenvalue weighted by Crippen LogP contribution is -2.05. The summed E-state index contributed by atoms with van der Waals surface area (Å²) >= 11 is 7.14. The van der Waals surface area contributed by atoms with Gasteiger partial charge in [0.15, 0.2) is 0 Å². The largest absolute Gasteiger partial charge is 0.462 e. The van der Waals surface area contributed by atoms with E-state index in [2.05, 4.69) is 38.4 Å². The van der Waals surface area contributed by atoms with E-state index < -0.39 is 0 Å². The summed E-state index contributed by atoms with van der Waals surface area (Å²) < 4.78 is 5.70. The standard InChI is InChI=1S/C17H32Br2O2Si/c1-15(2)16(20)21-13-11-9-7-5-3-4-6-8-10-12-14-22-17(18)19/h17H,1,3-14,22H2,2H3. The second-order valence-corrected chi connectivity index (χ2v) is 13.9. The van der Waals surface area contributed by atoms with Crippen molar-refractivity contribution in [2.24, 2.45) is 0 Å². The first-order valence-electron chi connectivity index (χ1n) is 8.65. The van der Waals surface area contributed by atoms with Crippen molar-refractivity contribution in [3.8, 4) is 0 Å². The third kappa shape index (κ3) is 16.8. The summed E-state index contributed by atoms with van der Waals surface area (Å²) in [6.45, 7) is 5.79. The summed E-state index contributed by atoms with van der Waals surface area (Å²) in [4.78, 5) is 11.2. The topological polar surface area (TPSA) is 26.3 Å². The molecule has 0 aliphatic carbocycles. The predicted molar refractivity (Wildman–Crippen MR) is 107 cm³/mol. The fourth-order valence-corrected chi connectivity index (χ4v) is 5.17. The fourth-order valence-electron chi connectivity index (χ4n) is 2.28. The van der Waals surface area contributed by atoms with Crippen molar-refractivity contribution >= 4 is 47.3 Å². The van der Waals surface area contributed by atoms with Crippen molar-refractivity contribution in [1.82, 2.24) is 0 Å². The Kier molecular flexibility index (Phi) is 16.5. The van der Waals surface area contributed by atoms with E-state index >= 15 is 0 Å². The molecule has 0 aromatic heterocycles. The van der Waals surface area contributed by atoms with Crippen LogP contribution in [-0.2, 0) is 9.53 Å². The number of unbranched alkanes of at least 4 members (excludes halogenated alkanes) is 9. The van der Waals surface area contributed by atoms with Gasteiger partial charge in [0.05, 0.1) is 9.97 Å².